The molecule has 1 fully saturated rings. The van der Waals surface area contributed by atoms with Crippen LogP contribution in [0, 0.1) is 5.92 Å². The molecular formula is C17H22N4O3. The number of carbonyl (C=O) groups excluding carboxylic acids is 1. The SMILES string of the molecule is Cn1c(=O)c2c(NC(=O)CC3CCCCC3)ccnc2n(C)c1=O. The number of aromatic nitrogens is 3. The summed E-state index contributed by atoms with van der Waals surface area (Å²) in [6, 6.07) is 1.60. The fraction of sp³-hybridized carbons (Fsp3) is 0.529. The number of carbonyl (C=O) groups is 1. The number of nitrogens with one attached hydrogen (secondary N) is 1. The summed E-state index contributed by atoms with van der Waals surface area (Å²) in [6.07, 6.45) is 7.74. The summed E-state index contributed by atoms with van der Waals surface area (Å²) < 4.78 is 2.34. The third-order valence-electron chi connectivity index (χ3n) is 4.81. The molecule has 1 N–H and O–H groups in total. The summed E-state index contributed by atoms with van der Waals surface area (Å²) in [5, 5.41) is 3.10. The highest BCUT2D eigenvalue weighted by atomic mass is 16.2. The van der Waals surface area contributed by atoms with Crippen LogP contribution in [0.4, 0.5) is 5.69 Å². The number of nitrogens with zero attached hydrogens (tertiary/aromatic N) is 3. The molecule has 2 heterocycles. The Morgan fingerprint density at radius 2 is 1.92 bits per heavy atom. The van der Waals surface area contributed by atoms with Gasteiger partial charge in [-0.1, -0.05) is 19.3 Å². The summed E-state index contributed by atoms with van der Waals surface area (Å²) in [6.45, 7) is 0. The van der Waals surface area contributed by atoms with Gasteiger partial charge in [0.05, 0.1) is 5.69 Å². The molecule has 0 bridgehead atoms. The number of pyridine rings is 1. The summed E-state index contributed by atoms with van der Waals surface area (Å²) in [4.78, 5) is 40.9. The molecule has 0 saturated heterocycles. The van der Waals surface area contributed by atoms with Crippen molar-refractivity contribution < 1.29 is 4.79 Å². The third kappa shape index (κ3) is 2.98. The number of fused-ring (bicyclic) bond motifs is 1. The molecular weight excluding hydrogens is 308 g/mol. The lowest BCUT2D eigenvalue weighted by Crippen LogP contribution is -2.37. The molecule has 0 spiro atoms. The first-order valence-electron chi connectivity index (χ1n) is 8.33. The van der Waals surface area contributed by atoms with Crippen molar-refractivity contribution in [3.8, 4) is 0 Å². The van der Waals surface area contributed by atoms with Gasteiger partial charge in [0.2, 0.25) is 5.91 Å². The molecule has 3 rings (SSSR count). The topological polar surface area (TPSA) is 86.0 Å². The van der Waals surface area contributed by atoms with Crippen molar-refractivity contribution in [3.63, 3.8) is 0 Å². The average molecular weight is 330 g/mol. The van der Waals surface area contributed by atoms with Gasteiger partial charge in [0.1, 0.15) is 5.39 Å². The highest BCUT2D eigenvalue weighted by Crippen LogP contribution is 2.27. The molecule has 1 aliphatic carbocycles. The van der Waals surface area contributed by atoms with E-state index in [1.165, 1.54) is 37.1 Å². The minimum absolute atomic E-state index is 0.0923. The van der Waals surface area contributed by atoms with E-state index < -0.39 is 11.2 Å². The summed E-state index contributed by atoms with van der Waals surface area (Å²) in [5.74, 6) is 0.323. The van der Waals surface area contributed by atoms with Crippen LogP contribution in [-0.2, 0) is 18.9 Å². The molecule has 2 aromatic rings. The molecule has 7 heteroatoms. The Labute approximate surface area is 139 Å². The fourth-order valence-electron chi connectivity index (χ4n) is 3.44. The number of anilines is 1. The monoisotopic (exact) mass is 330 g/mol. The van der Waals surface area contributed by atoms with Crippen LogP contribution >= 0.6 is 0 Å². The zero-order valence-electron chi connectivity index (χ0n) is 14.0. The van der Waals surface area contributed by atoms with Crippen LogP contribution < -0.4 is 16.6 Å². The second-order valence-corrected chi connectivity index (χ2v) is 6.52. The largest absolute Gasteiger partial charge is 0.332 e. The van der Waals surface area contributed by atoms with Gasteiger partial charge >= 0.3 is 5.69 Å². The van der Waals surface area contributed by atoms with Crippen molar-refractivity contribution in [1.82, 2.24) is 14.1 Å². The normalized spacial score (nSPS) is 15.6. The Balaban J connectivity index is 1.94. The van der Waals surface area contributed by atoms with Gasteiger partial charge in [0.15, 0.2) is 5.65 Å². The van der Waals surface area contributed by atoms with Crippen molar-refractivity contribution in [2.24, 2.45) is 20.0 Å². The van der Waals surface area contributed by atoms with Crippen LogP contribution in [0.2, 0.25) is 0 Å². The van der Waals surface area contributed by atoms with Crippen molar-refractivity contribution in [2.45, 2.75) is 38.5 Å². The van der Waals surface area contributed by atoms with E-state index in [4.69, 9.17) is 0 Å². The van der Waals surface area contributed by atoms with Crippen LogP contribution in [0.5, 0.6) is 0 Å². The van der Waals surface area contributed by atoms with E-state index in [1.54, 1.807) is 13.1 Å². The molecule has 7 nitrogen and oxygen atoms in total. The highest BCUT2D eigenvalue weighted by Gasteiger charge is 2.19. The Hall–Kier alpha value is -2.44. The highest BCUT2D eigenvalue weighted by molar-refractivity contribution is 5.99. The lowest BCUT2D eigenvalue weighted by Gasteiger charge is -2.21. The number of aryl methyl sites for hydroxylation is 1. The minimum atomic E-state index is -0.450. The van der Waals surface area contributed by atoms with Gasteiger partial charge in [-0.15, -0.1) is 0 Å². The summed E-state index contributed by atoms with van der Waals surface area (Å²) in [7, 11) is 2.98. The van der Waals surface area contributed by atoms with Crippen LogP contribution in [-0.4, -0.2) is 20.0 Å². The Morgan fingerprint density at radius 1 is 1.21 bits per heavy atom. The Morgan fingerprint density at radius 3 is 2.62 bits per heavy atom. The quantitative estimate of drug-likeness (QED) is 0.925. The second-order valence-electron chi connectivity index (χ2n) is 6.52. The van der Waals surface area contributed by atoms with Crippen LogP contribution in [0.15, 0.2) is 21.9 Å². The molecule has 24 heavy (non-hydrogen) atoms. The molecule has 0 unspecified atom stereocenters. The molecule has 0 aromatic carbocycles. The molecule has 0 radical (unpaired) electrons. The number of amides is 1. The predicted molar refractivity (Wildman–Crippen MR) is 92.0 cm³/mol. The van der Waals surface area contributed by atoms with E-state index >= 15 is 0 Å². The summed E-state index contributed by atoms with van der Waals surface area (Å²) in [5.41, 5.74) is -0.199. The van der Waals surface area contributed by atoms with Crippen LogP contribution in [0.3, 0.4) is 0 Å². The first-order valence-corrected chi connectivity index (χ1v) is 8.33. The molecule has 1 amide bonds. The molecule has 128 valence electrons. The lowest BCUT2D eigenvalue weighted by atomic mass is 9.87. The predicted octanol–water partition coefficient (Wildman–Crippen LogP) is 1.54. The van der Waals surface area contributed by atoms with Gasteiger partial charge in [0, 0.05) is 26.7 Å². The van der Waals surface area contributed by atoms with Gasteiger partial charge in [-0.3, -0.25) is 18.7 Å². The van der Waals surface area contributed by atoms with Crippen molar-refractivity contribution in [1.29, 1.82) is 0 Å². The standard InChI is InChI=1S/C17H22N4O3/c1-20-15-14(16(23)21(2)17(20)24)12(8-9-18-15)19-13(22)10-11-6-4-3-5-7-11/h8-9,11H,3-7,10H2,1-2H3,(H,18,19,22). The maximum atomic E-state index is 12.5. The first kappa shape index (κ1) is 16.4. The molecule has 2 aromatic heterocycles. The number of hydrogen-bond donors (Lipinski definition) is 1. The lowest BCUT2D eigenvalue weighted by molar-refractivity contribution is -0.117. The van der Waals surface area contributed by atoms with Gasteiger partial charge in [-0.25, -0.2) is 9.78 Å². The maximum absolute atomic E-state index is 12.5. The van der Waals surface area contributed by atoms with Gasteiger partial charge in [-0.05, 0) is 24.8 Å². The van der Waals surface area contributed by atoms with Crippen molar-refractivity contribution >= 4 is 22.6 Å². The van der Waals surface area contributed by atoms with E-state index in [0.717, 1.165) is 17.4 Å². The zero-order chi connectivity index (χ0) is 17.3. The minimum Gasteiger partial charge on any atom is -0.325 e. The van der Waals surface area contributed by atoms with Gasteiger partial charge in [-0.2, -0.15) is 0 Å². The van der Waals surface area contributed by atoms with Gasteiger partial charge < -0.3 is 5.32 Å². The van der Waals surface area contributed by atoms with E-state index in [2.05, 4.69) is 10.3 Å². The number of hydrogen-bond acceptors (Lipinski definition) is 4. The Kier molecular flexibility index (Phi) is 4.51. The van der Waals surface area contributed by atoms with Crippen molar-refractivity contribution in [2.75, 3.05) is 5.32 Å². The summed E-state index contributed by atoms with van der Waals surface area (Å²) >= 11 is 0. The van der Waals surface area contributed by atoms with E-state index in [1.807, 2.05) is 0 Å². The second kappa shape index (κ2) is 6.59. The molecule has 0 atom stereocenters. The molecule has 0 aliphatic heterocycles. The smallest absolute Gasteiger partial charge is 0.325 e. The first-order chi connectivity index (χ1) is 11.5. The van der Waals surface area contributed by atoms with Gasteiger partial charge in [0.25, 0.3) is 5.56 Å². The fourth-order valence-corrected chi connectivity index (χ4v) is 3.44. The van der Waals surface area contributed by atoms with E-state index in [0.29, 0.717) is 18.0 Å². The number of rotatable bonds is 3. The molecule has 1 aliphatic rings. The van der Waals surface area contributed by atoms with Crippen molar-refractivity contribution in [3.05, 3.63) is 33.1 Å². The van der Waals surface area contributed by atoms with Crippen LogP contribution in [0.25, 0.3) is 11.0 Å². The molecule has 1 saturated carbocycles. The Bertz CT molecular complexity index is 891. The maximum Gasteiger partial charge on any atom is 0.332 e. The van der Waals surface area contributed by atoms with E-state index in [9.17, 15) is 14.4 Å². The zero-order valence-corrected chi connectivity index (χ0v) is 14.0. The third-order valence-corrected chi connectivity index (χ3v) is 4.81. The van der Waals surface area contributed by atoms with Crippen LogP contribution in [0.1, 0.15) is 38.5 Å². The van der Waals surface area contributed by atoms with E-state index in [-0.39, 0.29) is 16.9 Å². The average Bonchev–Trinajstić information content (AvgIpc) is 2.58.